The number of hydrogen-bond donors (Lipinski definition) is 1. The van der Waals surface area contributed by atoms with E-state index in [0.717, 1.165) is 6.42 Å². The molecule has 0 saturated carbocycles. The number of esters is 1. The zero-order chi connectivity index (χ0) is 11.4. The van der Waals surface area contributed by atoms with Gasteiger partial charge in [0.05, 0.1) is 12.7 Å². The summed E-state index contributed by atoms with van der Waals surface area (Å²) in [6, 6.07) is 0. The molecule has 1 N–H and O–H groups in total. The fourth-order valence-corrected chi connectivity index (χ4v) is 1.33. The predicted octanol–water partition coefficient (Wildman–Crippen LogP) is 1.03. The average Bonchev–Trinajstić information content (AvgIpc) is 2.97. The maximum atomic E-state index is 11.3. The summed E-state index contributed by atoms with van der Waals surface area (Å²) in [7, 11) is 0. The topological polar surface area (TPSA) is 59.1 Å². The normalized spacial score (nSPS) is 23.0. The molecule has 4 nitrogen and oxygen atoms in total. The van der Waals surface area contributed by atoms with Crippen molar-refractivity contribution in [1.82, 2.24) is 0 Å². The Morgan fingerprint density at radius 1 is 1.73 bits per heavy atom. The van der Waals surface area contributed by atoms with Crippen molar-refractivity contribution in [2.24, 2.45) is 0 Å². The molecular weight excluding hydrogens is 196 g/mol. The van der Waals surface area contributed by atoms with Gasteiger partial charge in [-0.25, -0.2) is 4.79 Å². The molecule has 1 aliphatic heterocycles. The second-order valence-electron chi connectivity index (χ2n) is 3.88. The van der Waals surface area contributed by atoms with Gasteiger partial charge in [0.25, 0.3) is 0 Å². The maximum Gasteiger partial charge on any atom is 0.333 e. The van der Waals surface area contributed by atoms with Crippen molar-refractivity contribution in [1.29, 1.82) is 0 Å². The van der Waals surface area contributed by atoms with Crippen LogP contribution < -0.4 is 0 Å². The Morgan fingerprint density at radius 2 is 2.33 bits per heavy atom. The summed E-state index contributed by atoms with van der Waals surface area (Å²) < 4.78 is 10.2. The van der Waals surface area contributed by atoms with Crippen LogP contribution in [0.15, 0.2) is 12.2 Å². The quantitative estimate of drug-likeness (QED) is 0.407. The molecule has 0 bridgehead atoms. The fourth-order valence-electron chi connectivity index (χ4n) is 1.33. The van der Waals surface area contributed by atoms with Gasteiger partial charge in [-0.3, -0.25) is 0 Å². The fraction of sp³-hybridized carbons (Fsp3) is 0.727. The zero-order valence-corrected chi connectivity index (χ0v) is 9.23. The van der Waals surface area contributed by atoms with Crippen LogP contribution in [0.25, 0.3) is 0 Å². The lowest BCUT2D eigenvalue weighted by Gasteiger charge is -2.21. The number of carbonyl (C=O) groups excluding carboxylic acids is 1. The van der Waals surface area contributed by atoms with E-state index < -0.39 is 18.2 Å². The molecule has 15 heavy (non-hydrogen) atoms. The smallest absolute Gasteiger partial charge is 0.333 e. The molecule has 3 unspecified atom stereocenters. The molecule has 0 radical (unpaired) electrons. The van der Waals surface area contributed by atoms with Gasteiger partial charge in [-0.15, -0.1) is 0 Å². The second-order valence-corrected chi connectivity index (χ2v) is 3.88. The lowest BCUT2D eigenvalue weighted by molar-refractivity contribution is -0.152. The van der Waals surface area contributed by atoms with Crippen LogP contribution in [0.2, 0.25) is 0 Å². The minimum atomic E-state index is -0.647. The number of ether oxygens (including phenoxy) is 2. The van der Waals surface area contributed by atoms with Gasteiger partial charge < -0.3 is 14.6 Å². The van der Waals surface area contributed by atoms with E-state index in [1.807, 2.05) is 6.92 Å². The summed E-state index contributed by atoms with van der Waals surface area (Å²) in [6.07, 6.45) is 0.109. The summed E-state index contributed by atoms with van der Waals surface area (Å²) in [4.78, 5) is 11.3. The molecule has 0 aliphatic carbocycles. The number of rotatable bonds is 6. The molecule has 1 aliphatic rings. The summed E-state index contributed by atoms with van der Waals surface area (Å²) in [6.45, 7) is 7.60. The Bertz CT molecular complexity index is 245. The molecule has 4 heteroatoms. The number of carbonyl (C=O) groups is 1. The Hall–Kier alpha value is -0.870. The highest BCUT2D eigenvalue weighted by Crippen LogP contribution is 2.22. The van der Waals surface area contributed by atoms with Crippen molar-refractivity contribution in [3.63, 3.8) is 0 Å². The predicted molar refractivity (Wildman–Crippen MR) is 55.3 cm³/mol. The number of epoxide rings is 1. The first-order chi connectivity index (χ1) is 7.06. The van der Waals surface area contributed by atoms with Gasteiger partial charge in [0.1, 0.15) is 6.10 Å². The van der Waals surface area contributed by atoms with Crippen molar-refractivity contribution in [3.05, 3.63) is 12.2 Å². The van der Waals surface area contributed by atoms with Gasteiger partial charge in [0.15, 0.2) is 6.10 Å². The van der Waals surface area contributed by atoms with Crippen molar-refractivity contribution in [3.8, 4) is 0 Å². The second kappa shape index (κ2) is 5.28. The summed E-state index contributed by atoms with van der Waals surface area (Å²) in [5, 5.41) is 9.76. The number of aliphatic hydroxyl groups excluding tert-OH is 1. The van der Waals surface area contributed by atoms with Gasteiger partial charge in [-0.05, 0) is 13.3 Å². The Kier molecular flexibility index (Phi) is 4.29. The number of hydrogen-bond acceptors (Lipinski definition) is 4. The van der Waals surface area contributed by atoms with E-state index in [2.05, 4.69) is 6.58 Å². The van der Waals surface area contributed by atoms with Crippen LogP contribution in [0.5, 0.6) is 0 Å². The van der Waals surface area contributed by atoms with E-state index in [0.29, 0.717) is 18.6 Å². The van der Waals surface area contributed by atoms with E-state index in [9.17, 15) is 9.90 Å². The average molecular weight is 214 g/mol. The largest absolute Gasteiger partial charge is 0.453 e. The van der Waals surface area contributed by atoms with Crippen LogP contribution in [0, 0.1) is 0 Å². The molecule has 0 aromatic heterocycles. The third-order valence-corrected chi connectivity index (χ3v) is 2.28. The number of aliphatic hydroxyl groups is 1. The molecule has 1 rings (SSSR count). The Morgan fingerprint density at radius 3 is 2.73 bits per heavy atom. The zero-order valence-electron chi connectivity index (χ0n) is 9.23. The van der Waals surface area contributed by atoms with Crippen LogP contribution in [0.4, 0.5) is 0 Å². The third-order valence-electron chi connectivity index (χ3n) is 2.28. The molecule has 0 amide bonds. The first-order valence-corrected chi connectivity index (χ1v) is 5.22. The summed E-state index contributed by atoms with van der Waals surface area (Å²) >= 11 is 0. The van der Waals surface area contributed by atoms with E-state index in [1.54, 1.807) is 6.92 Å². The Balaban J connectivity index is 2.50. The molecule has 0 aromatic carbocycles. The molecule has 0 spiro atoms. The molecule has 0 aromatic rings. The standard InChI is InChI=1S/C11H18O4/c1-4-5-8(12)10(9-6-14-9)15-11(13)7(2)3/h8-10,12H,2,4-6H2,1,3H3. The van der Waals surface area contributed by atoms with Crippen LogP contribution in [-0.4, -0.2) is 36.0 Å². The lowest BCUT2D eigenvalue weighted by Crippen LogP contribution is -2.36. The van der Waals surface area contributed by atoms with E-state index in [4.69, 9.17) is 9.47 Å². The molecule has 86 valence electrons. The molecular formula is C11H18O4. The van der Waals surface area contributed by atoms with Crippen LogP contribution in [0.3, 0.4) is 0 Å². The maximum absolute atomic E-state index is 11.3. The van der Waals surface area contributed by atoms with Gasteiger partial charge in [-0.1, -0.05) is 19.9 Å². The van der Waals surface area contributed by atoms with Gasteiger partial charge in [0, 0.05) is 5.57 Å². The highest BCUT2D eigenvalue weighted by atomic mass is 16.6. The first-order valence-electron chi connectivity index (χ1n) is 5.22. The van der Waals surface area contributed by atoms with Gasteiger partial charge in [0.2, 0.25) is 0 Å². The molecule has 1 saturated heterocycles. The SMILES string of the molecule is C=C(C)C(=O)OC(C(O)CCC)C1CO1. The third kappa shape index (κ3) is 3.64. The van der Waals surface area contributed by atoms with Gasteiger partial charge in [-0.2, -0.15) is 0 Å². The summed E-state index contributed by atoms with van der Waals surface area (Å²) in [5.74, 6) is -0.467. The van der Waals surface area contributed by atoms with Gasteiger partial charge >= 0.3 is 5.97 Å². The highest BCUT2D eigenvalue weighted by molar-refractivity contribution is 5.87. The molecule has 1 fully saturated rings. The lowest BCUT2D eigenvalue weighted by atomic mass is 10.1. The van der Waals surface area contributed by atoms with E-state index in [-0.39, 0.29) is 6.10 Å². The van der Waals surface area contributed by atoms with Crippen molar-refractivity contribution in [2.75, 3.05) is 6.61 Å². The van der Waals surface area contributed by atoms with Crippen LogP contribution in [-0.2, 0) is 14.3 Å². The van der Waals surface area contributed by atoms with Crippen molar-refractivity contribution in [2.45, 2.75) is 45.0 Å². The van der Waals surface area contributed by atoms with Crippen LogP contribution >= 0.6 is 0 Å². The Labute approximate surface area is 89.9 Å². The molecule has 3 atom stereocenters. The molecule has 1 heterocycles. The van der Waals surface area contributed by atoms with E-state index in [1.165, 1.54) is 0 Å². The van der Waals surface area contributed by atoms with Crippen molar-refractivity contribution < 1.29 is 19.4 Å². The minimum Gasteiger partial charge on any atom is -0.453 e. The monoisotopic (exact) mass is 214 g/mol. The van der Waals surface area contributed by atoms with E-state index >= 15 is 0 Å². The van der Waals surface area contributed by atoms with Crippen molar-refractivity contribution >= 4 is 5.97 Å². The highest BCUT2D eigenvalue weighted by Gasteiger charge is 2.40. The van der Waals surface area contributed by atoms with Crippen LogP contribution in [0.1, 0.15) is 26.7 Å². The first kappa shape index (κ1) is 12.2. The summed E-state index contributed by atoms with van der Waals surface area (Å²) in [5.41, 5.74) is 0.337. The minimum absolute atomic E-state index is 0.144.